The summed E-state index contributed by atoms with van der Waals surface area (Å²) in [6.07, 6.45) is 2.73. The van der Waals surface area contributed by atoms with Crippen molar-refractivity contribution in [3.63, 3.8) is 0 Å². The van der Waals surface area contributed by atoms with Crippen LogP contribution in [-0.4, -0.2) is 22.0 Å². The lowest BCUT2D eigenvalue weighted by atomic mass is 10.1. The number of nitrogen functional groups attached to an aromatic ring is 1. The average molecular weight is 445 g/mol. The summed E-state index contributed by atoms with van der Waals surface area (Å²) in [6.45, 7) is 4.28. The molecule has 0 saturated carbocycles. The number of anilines is 2. The van der Waals surface area contributed by atoms with E-state index in [2.05, 4.69) is 4.98 Å². The fourth-order valence-electron chi connectivity index (χ4n) is 2.84. The van der Waals surface area contributed by atoms with Crippen LogP contribution >= 0.6 is 23.2 Å². The Hall–Kier alpha value is -2.32. The van der Waals surface area contributed by atoms with E-state index in [1.54, 1.807) is 0 Å². The van der Waals surface area contributed by atoms with E-state index in [4.69, 9.17) is 28.9 Å². The van der Waals surface area contributed by atoms with Gasteiger partial charge in [-0.3, -0.25) is 19.1 Å². The summed E-state index contributed by atoms with van der Waals surface area (Å²) >= 11 is 11.8. The molecule has 10 heteroatoms. The maximum Gasteiger partial charge on any atom is 0.330 e. The lowest BCUT2D eigenvalue weighted by Crippen LogP contribution is -2.41. The molecule has 0 aliphatic heterocycles. The second-order valence-electron chi connectivity index (χ2n) is 6.55. The summed E-state index contributed by atoms with van der Waals surface area (Å²) in [5.74, 6) is -1.65. The predicted molar refractivity (Wildman–Crippen MR) is 114 cm³/mol. The topological polar surface area (TPSA) is 101 Å². The van der Waals surface area contributed by atoms with Gasteiger partial charge < -0.3 is 10.6 Å². The first kappa shape index (κ1) is 23.0. The number of rotatable bonds is 8. The SMILES string of the molecule is CCCCN(C(=O)c1cc(F)c(Cl)cc1Cl)c1c(N)n(CCCC)c(=O)[nH]c1=O. The highest BCUT2D eigenvalue weighted by molar-refractivity contribution is 6.37. The molecule has 29 heavy (non-hydrogen) atoms. The number of nitrogens with two attached hydrogens (primary N) is 1. The summed E-state index contributed by atoms with van der Waals surface area (Å²) in [7, 11) is 0. The van der Waals surface area contributed by atoms with Gasteiger partial charge >= 0.3 is 5.69 Å². The van der Waals surface area contributed by atoms with Gasteiger partial charge in [0.2, 0.25) is 0 Å². The first-order chi connectivity index (χ1) is 13.7. The highest BCUT2D eigenvalue weighted by atomic mass is 35.5. The van der Waals surface area contributed by atoms with Crippen molar-refractivity contribution in [3.8, 4) is 0 Å². The highest BCUT2D eigenvalue weighted by Gasteiger charge is 2.27. The Balaban J connectivity index is 2.64. The molecule has 158 valence electrons. The lowest BCUT2D eigenvalue weighted by Gasteiger charge is -2.25. The molecule has 7 nitrogen and oxygen atoms in total. The Bertz CT molecular complexity index is 1020. The minimum absolute atomic E-state index is 0.0581. The van der Waals surface area contributed by atoms with Gasteiger partial charge in [-0.05, 0) is 25.0 Å². The number of nitrogens with zero attached hydrogens (tertiary/aromatic N) is 2. The second-order valence-corrected chi connectivity index (χ2v) is 7.37. The first-order valence-corrected chi connectivity index (χ1v) is 10.1. The van der Waals surface area contributed by atoms with Gasteiger partial charge in [0.25, 0.3) is 11.5 Å². The number of carbonyl (C=O) groups is 1. The number of aromatic amines is 1. The molecule has 0 radical (unpaired) electrons. The van der Waals surface area contributed by atoms with Crippen LogP contribution in [0.4, 0.5) is 15.9 Å². The van der Waals surface area contributed by atoms with Gasteiger partial charge in [-0.15, -0.1) is 0 Å². The third-order valence-electron chi connectivity index (χ3n) is 4.44. The predicted octanol–water partition coefficient (Wildman–Crippen LogP) is 3.81. The van der Waals surface area contributed by atoms with Gasteiger partial charge in [-0.25, -0.2) is 9.18 Å². The van der Waals surface area contributed by atoms with E-state index in [-0.39, 0.29) is 40.2 Å². The van der Waals surface area contributed by atoms with E-state index in [0.29, 0.717) is 12.8 Å². The van der Waals surface area contributed by atoms with Crippen molar-refractivity contribution in [1.82, 2.24) is 9.55 Å². The number of hydrogen-bond acceptors (Lipinski definition) is 4. The van der Waals surface area contributed by atoms with E-state index in [0.717, 1.165) is 29.9 Å². The van der Waals surface area contributed by atoms with E-state index in [1.807, 2.05) is 13.8 Å². The number of hydrogen-bond donors (Lipinski definition) is 2. The van der Waals surface area contributed by atoms with Crippen LogP contribution in [0.5, 0.6) is 0 Å². The Morgan fingerprint density at radius 3 is 2.45 bits per heavy atom. The van der Waals surface area contributed by atoms with Crippen molar-refractivity contribution in [1.29, 1.82) is 0 Å². The van der Waals surface area contributed by atoms with Crippen molar-refractivity contribution in [2.24, 2.45) is 0 Å². The zero-order valence-corrected chi connectivity index (χ0v) is 17.7. The Morgan fingerprint density at radius 1 is 1.17 bits per heavy atom. The van der Waals surface area contributed by atoms with Crippen molar-refractivity contribution in [2.75, 3.05) is 17.2 Å². The Labute approximate surface area is 177 Å². The molecule has 0 fully saturated rings. The largest absolute Gasteiger partial charge is 0.383 e. The number of benzene rings is 1. The summed E-state index contributed by atoms with van der Waals surface area (Å²) in [5.41, 5.74) is 4.36. The molecule has 1 amide bonds. The zero-order valence-electron chi connectivity index (χ0n) is 16.2. The number of amides is 1. The summed E-state index contributed by atoms with van der Waals surface area (Å²) < 4.78 is 15.2. The zero-order chi connectivity index (χ0) is 21.7. The number of aromatic nitrogens is 2. The highest BCUT2D eigenvalue weighted by Crippen LogP contribution is 2.28. The van der Waals surface area contributed by atoms with Crippen molar-refractivity contribution >= 4 is 40.6 Å². The Morgan fingerprint density at radius 2 is 1.83 bits per heavy atom. The monoisotopic (exact) mass is 444 g/mol. The quantitative estimate of drug-likeness (QED) is 0.604. The number of halogens is 3. The molecule has 2 aromatic rings. The molecular weight excluding hydrogens is 422 g/mol. The number of H-pyrrole nitrogens is 1. The fourth-order valence-corrected chi connectivity index (χ4v) is 3.30. The van der Waals surface area contributed by atoms with E-state index in [1.165, 1.54) is 4.57 Å². The molecule has 0 saturated heterocycles. The van der Waals surface area contributed by atoms with E-state index < -0.39 is 23.0 Å². The van der Waals surface area contributed by atoms with Crippen molar-refractivity contribution in [3.05, 3.63) is 54.4 Å². The van der Waals surface area contributed by atoms with Crippen molar-refractivity contribution in [2.45, 2.75) is 46.1 Å². The summed E-state index contributed by atoms with van der Waals surface area (Å²) in [4.78, 5) is 41.3. The minimum Gasteiger partial charge on any atom is -0.383 e. The number of nitrogens with one attached hydrogen (secondary N) is 1. The molecule has 0 spiro atoms. The smallest absolute Gasteiger partial charge is 0.330 e. The maximum absolute atomic E-state index is 14.0. The molecule has 0 unspecified atom stereocenters. The lowest BCUT2D eigenvalue weighted by molar-refractivity contribution is 0.0986. The van der Waals surface area contributed by atoms with Crippen LogP contribution in [0.1, 0.15) is 49.9 Å². The molecular formula is C19H23Cl2FN4O3. The Kier molecular flexibility index (Phi) is 7.87. The van der Waals surface area contributed by atoms with Crippen LogP contribution < -0.4 is 21.9 Å². The van der Waals surface area contributed by atoms with Crippen LogP contribution in [0.3, 0.4) is 0 Å². The van der Waals surface area contributed by atoms with Crippen molar-refractivity contribution < 1.29 is 9.18 Å². The van der Waals surface area contributed by atoms with E-state index >= 15 is 0 Å². The fraction of sp³-hybridized carbons (Fsp3) is 0.421. The first-order valence-electron chi connectivity index (χ1n) is 9.31. The normalized spacial score (nSPS) is 10.9. The molecule has 1 heterocycles. The molecule has 3 N–H and O–H groups in total. The van der Waals surface area contributed by atoms with Gasteiger partial charge in [-0.1, -0.05) is 49.9 Å². The van der Waals surface area contributed by atoms with Crippen LogP contribution in [0.25, 0.3) is 0 Å². The maximum atomic E-state index is 14.0. The van der Waals surface area contributed by atoms with Gasteiger partial charge in [0, 0.05) is 13.1 Å². The van der Waals surface area contributed by atoms with Crippen LogP contribution in [0, 0.1) is 5.82 Å². The molecule has 0 bridgehead atoms. The van der Waals surface area contributed by atoms with Crippen LogP contribution in [0.2, 0.25) is 10.0 Å². The average Bonchev–Trinajstić information content (AvgIpc) is 2.66. The second kappa shape index (κ2) is 9.93. The standard InChI is InChI=1S/C19H23Cl2FN4O3/c1-3-5-7-25(18(28)11-9-14(22)13(21)10-12(11)20)15-16(23)26(8-6-4-2)19(29)24-17(15)27/h9-10H,3-8,23H2,1-2H3,(H,24,27,29). The summed E-state index contributed by atoms with van der Waals surface area (Å²) in [5, 5.41) is -0.283. The minimum atomic E-state index is -0.815. The van der Waals surface area contributed by atoms with Gasteiger partial charge in [0.1, 0.15) is 11.6 Å². The van der Waals surface area contributed by atoms with Crippen LogP contribution in [-0.2, 0) is 6.54 Å². The number of carbonyl (C=O) groups excluding carboxylic acids is 1. The van der Waals surface area contributed by atoms with Gasteiger partial charge in [0.15, 0.2) is 5.69 Å². The third kappa shape index (κ3) is 5.00. The molecule has 2 rings (SSSR count). The van der Waals surface area contributed by atoms with Gasteiger partial charge in [0.05, 0.1) is 15.6 Å². The van der Waals surface area contributed by atoms with Crippen LogP contribution in [0.15, 0.2) is 21.7 Å². The molecule has 0 atom stereocenters. The molecule has 0 aliphatic rings. The third-order valence-corrected chi connectivity index (χ3v) is 5.04. The van der Waals surface area contributed by atoms with E-state index in [9.17, 15) is 18.8 Å². The molecule has 1 aromatic heterocycles. The summed E-state index contributed by atoms with van der Waals surface area (Å²) in [6, 6.07) is 2.04. The molecule has 0 aliphatic carbocycles. The van der Waals surface area contributed by atoms with Gasteiger partial charge in [-0.2, -0.15) is 0 Å². The molecule has 1 aromatic carbocycles. The number of unbranched alkanes of at least 4 members (excludes halogenated alkanes) is 2.